The van der Waals surface area contributed by atoms with Crippen LogP contribution in [-0.4, -0.2) is 39.1 Å². The Labute approximate surface area is 152 Å². The zero-order chi connectivity index (χ0) is 18.7. The van der Waals surface area contributed by atoms with Gasteiger partial charge in [-0.05, 0) is 48.2 Å². The molecule has 1 aliphatic heterocycles. The molecule has 1 saturated heterocycles. The maximum absolute atomic E-state index is 12.3. The summed E-state index contributed by atoms with van der Waals surface area (Å²) in [5.41, 5.74) is 2.20. The number of hydrogen-bond acceptors (Lipinski definition) is 4. The van der Waals surface area contributed by atoms with Crippen molar-refractivity contribution in [2.45, 2.75) is 23.8 Å². The highest BCUT2D eigenvalue weighted by atomic mass is 32.2. The van der Waals surface area contributed by atoms with Crippen LogP contribution in [0.2, 0.25) is 0 Å². The summed E-state index contributed by atoms with van der Waals surface area (Å²) in [6.45, 7) is 0.651. The quantitative estimate of drug-likeness (QED) is 0.855. The van der Waals surface area contributed by atoms with E-state index >= 15 is 0 Å². The normalized spacial score (nSPS) is 17.4. The first-order valence-electron chi connectivity index (χ1n) is 8.34. The summed E-state index contributed by atoms with van der Waals surface area (Å²) in [6.07, 6.45) is 2.66. The van der Waals surface area contributed by atoms with Crippen molar-refractivity contribution in [2.24, 2.45) is 0 Å². The zero-order valence-corrected chi connectivity index (χ0v) is 15.2. The molecule has 1 atom stereocenters. The predicted molar refractivity (Wildman–Crippen MR) is 98.5 cm³/mol. The monoisotopic (exact) mass is 372 g/mol. The minimum absolute atomic E-state index is 0.146. The predicted octanol–water partition coefficient (Wildman–Crippen LogP) is 1.77. The number of sulfone groups is 1. The van der Waals surface area contributed by atoms with Crippen molar-refractivity contribution in [2.75, 3.05) is 12.8 Å². The van der Waals surface area contributed by atoms with Crippen molar-refractivity contribution < 1.29 is 18.0 Å². The number of amides is 2. The van der Waals surface area contributed by atoms with E-state index in [1.54, 1.807) is 48.5 Å². The van der Waals surface area contributed by atoms with Crippen LogP contribution in [0, 0.1) is 0 Å². The Bertz CT molecular complexity index is 919. The van der Waals surface area contributed by atoms with Crippen LogP contribution in [-0.2, 0) is 14.6 Å². The van der Waals surface area contributed by atoms with Gasteiger partial charge in [-0.15, -0.1) is 0 Å². The summed E-state index contributed by atoms with van der Waals surface area (Å²) in [4.78, 5) is 24.3. The van der Waals surface area contributed by atoms with Gasteiger partial charge in [-0.1, -0.05) is 24.3 Å². The molecule has 3 rings (SSSR count). The lowest BCUT2D eigenvalue weighted by molar-refractivity contribution is -0.124. The van der Waals surface area contributed by atoms with E-state index in [-0.39, 0.29) is 16.7 Å². The van der Waals surface area contributed by atoms with E-state index in [1.165, 1.54) is 6.26 Å². The van der Waals surface area contributed by atoms with Crippen LogP contribution in [0.3, 0.4) is 0 Å². The molecule has 2 aromatic carbocycles. The van der Waals surface area contributed by atoms with Crippen LogP contribution in [0.1, 0.15) is 23.2 Å². The number of benzene rings is 2. The van der Waals surface area contributed by atoms with E-state index in [0.29, 0.717) is 18.5 Å². The van der Waals surface area contributed by atoms with Crippen LogP contribution >= 0.6 is 0 Å². The lowest BCUT2D eigenvalue weighted by atomic mass is 10.0. The molecule has 0 aliphatic carbocycles. The number of piperidine rings is 1. The van der Waals surface area contributed by atoms with Gasteiger partial charge in [-0.25, -0.2) is 8.42 Å². The molecule has 0 radical (unpaired) electrons. The molecule has 0 bridgehead atoms. The third-order valence-corrected chi connectivity index (χ3v) is 5.48. The van der Waals surface area contributed by atoms with Crippen molar-refractivity contribution in [3.63, 3.8) is 0 Å². The lowest BCUT2D eigenvalue weighted by Crippen LogP contribution is -2.50. The average Bonchev–Trinajstić information content (AvgIpc) is 2.63. The molecule has 2 aromatic rings. The Kier molecular flexibility index (Phi) is 5.08. The van der Waals surface area contributed by atoms with Crippen LogP contribution in [0.4, 0.5) is 0 Å². The Morgan fingerprint density at radius 3 is 2.15 bits per heavy atom. The van der Waals surface area contributed by atoms with Gasteiger partial charge in [0.15, 0.2) is 9.84 Å². The molecule has 0 spiro atoms. The van der Waals surface area contributed by atoms with Gasteiger partial charge in [0.05, 0.1) is 4.90 Å². The van der Waals surface area contributed by atoms with E-state index in [4.69, 9.17) is 0 Å². The second-order valence-electron chi connectivity index (χ2n) is 6.33. The molecule has 26 heavy (non-hydrogen) atoms. The molecule has 0 aromatic heterocycles. The molecular formula is C19H20N2O4S. The summed E-state index contributed by atoms with van der Waals surface area (Å²) in [7, 11) is -3.22. The van der Waals surface area contributed by atoms with Crippen LogP contribution < -0.4 is 10.6 Å². The minimum Gasteiger partial charge on any atom is -0.354 e. The molecule has 1 aliphatic rings. The first-order chi connectivity index (χ1) is 12.3. The third kappa shape index (κ3) is 4.11. The molecule has 1 heterocycles. The van der Waals surface area contributed by atoms with Crippen molar-refractivity contribution >= 4 is 21.7 Å². The molecular weight excluding hydrogens is 352 g/mol. The van der Waals surface area contributed by atoms with Gasteiger partial charge in [0.1, 0.15) is 6.04 Å². The van der Waals surface area contributed by atoms with Crippen LogP contribution in [0.25, 0.3) is 11.1 Å². The van der Waals surface area contributed by atoms with Crippen molar-refractivity contribution in [1.29, 1.82) is 0 Å². The summed E-state index contributed by atoms with van der Waals surface area (Å²) >= 11 is 0. The van der Waals surface area contributed by atoms with Gasteiger partial charge in [0.2, 0.25) is 5.91 Å². The maximum atomic E-state index is 12.3. The van der Waals surface area contributed by atoms with Gasteiger partial charge in [-0.3, -0.25) is 9.59 Å². The van der Waals surface area contributed by atoms with E-state index in [2.05, 4.69) is 10.6 Å². The highest BCUT2D eigenvalue weighted by molar-refractivity contribution is 7.90. The van der Waals surface area contributed by atoms with Gasteiger partial charge in [0, 0.05) is 18.4 Å². The van der Waals surface area contributed by atoms with Gasteiger partial charge in [-0.2, -0.15) is 0 Å². The summed E-state index contributed by atoms with van der Waals surface area (Å²) in [6, 6.07) is 13.1. The molecule has 2 N–H and O–H groups in total. The number of nitrogens with one attached hydrogen (secondary N) is 2. The fraction of sp³-hybridized carbons (Fsp3) is 0.263. The SMILES string of the molecule is CS(=O)(=O)c1ccc(-c2ccc(C(=O)N[C@@H]3CCCNC3=O)cc2)cc1. The Hall–Kier alpha value is -2.67. The highest BCUT2D eigenvalue weighted by Crippen LogP contribution is 2.22. The van der Waals surface area contributed by atoms with E-state index < -0.39 is 15.9 Å². The van der Waals surface area contributed by atoms with Crippen LogP contribution in [0.5, 0.6) is 0 Å². The van der Waals surface area contributed by atoms with Gasteiger partial charge < -0.3 is 10.6 Å². The largest absolute Gasteiger partial charge is 0.354 e. The minimum atomic E-state index is -3.22. The molecule has 7 heteroatoms. The molecule has 2 amide bonds. The first-order valence-corrected chi connectivity index (χ1v) is 10.2. The molecule has 6 nitrogen and oxygen atoms in total. The Morgan fingerprint density at radius 1 is 1.04 bits per heavy atom. The van der Waals surface area contributed by atoms with E-state index in [9.17, 15) is 18.0 Å². The molecule has 0 saturated carbocycles. The number of carbonyl (C=O) groups is 2. The summed E-state index contributed by atoms with van der Waals surface area (Å²) < 4.78 is 23.0. The van der Waals surface area contributed by atoms with Crippen molar-refractivity contribution in [3.8, 4) is 11.1 Å². The van der Waals surface area contributed by atoms with Crippen LogP contribution in [0.15, 0.2) is 53.4 Å². The molecule has 136 valence electrons. The lowest BCUT2D eigenvalue weighted by Gasteiger charge is -2.22. The topological polar surface area (TPSA) is 92.3 Å². The number of carbonyl (C=O) groups excluding carboxylic acids is 2. The Balaban J connectivity index is 1.71. The van der Waals surface area contributed by atoms with Gasteiger partial charge >= 0.3 is 0 Å². The van der Waals surface area contributed by atoms with E-state index in [1.807, 2.05) is 0 Å². The Morgan fingerprint density at radius 2 is 1.62 bits per heavy atom. The van der Waals surface area contributed by atoms with Crippen molar-refractivity contribution in [3.05, 3.63) is 54.1 Å². The van der Waals surface area contributed by atoms with Gasteiger partial charge in [0.25, 0.3) is 5.91 Å². The second kappa shape index (κ2) is 7.29. The molecule has 0 unspecified atom stereocenters. The summed E-state index contributed by atoms with van der Waals surface area (Å²) in [5, 5.41) is 5.49. The second-order valence-corrected chi connectivity index (χ2v) is 8.35. The standard InChI is InChI=1S/C19H20N2O4S/c1-26(24,25)16-10-8-14(9-11-16)13-4-6-15(7-5-13)18(22)21-17-3-2-12-20-19(17)23/h4-11,17H,2-3,12H2,1H3,(H,20,23)(H,21,22)/t17-/m1/s1. The fourth-order valence-electron chi connectivity index (χ4n) is 2.86. The highest BCUT2D eigenvalue weighted by Gasteiger charge is 2.23. The summed E-state index contributed by atoms with van der Waals surface area (Å²) in [5.74, 6) is -0.432. The fourth-order valence-corrected chi connectivity index (χ4v) is 3.49. The smallest absolute Gasteiger partial charge is 0.251 e. The average molecular weight is 372 g/mol. The molecule has 1 fully saturated rings. The third-order valence-electron chi connectivity index (χ3n) is 4.35. The van der Waals surface area contributed by atoms with Crippen molar-refractivity contribution in [1.82, 2.24) is 10.6 Å². The van der Waals surface area contributed by atoms with E-state index in [0.717, 1.165) is 17.5 Å². The zero-order valence-electron chi connectivity index (χ0n) is 14.4. The number of rotatable bonds is 4. The maximum Gasteiger partial charge on any atom is 0.251 e. The number of hydrogen-bond donors (Lipinski definition) is 2. The first kappa shape index (κ1) is 18.1.